The van der Waals surface area contributed by atoms with Crippen molar-refractivity contribution in [1.82, 2.24) is 0 Å². The summed E-state index contributed by atoms with van der Waals surface area (Å²) in [5, 5.41) is 0. The van der Waals surface area contributed by atoms with Gasteiger partial charge in [0.2, 0.25) is 0 Å². The van der Waals surface area contributed by atoms with Crippen molar-refractivity contribution in [3.63, 3.8) is 0 Å². The third-order valence-corrected chi connectivity index (χ3v) is 11.7. The van der Waals surface area contributed by atoms with Crippen molar-refractivity contribution in [3.05, 3.63) is 119 Å². The number of hydrogen-bond acceptors (Lipinski definition) is 2. The van der Waals surface area contributed by atoms with Gasteiger partial charge in [0.15, 0.2) is 0 Å². The van der Waals surface area contributed by atoms with E-state index >= 15 is 0 Å². The van der Waals surface area contributed by atoms with E-state index in [2.05, 4.69) is 181 Å². The predicted molar refractivity (Wildman–Crippen MR) is 211 cm³/mol. The van der Waals surface area contributed by atoms with Crippen LogP contribution in [-0.4, -0.2) is 25.5 Å². The molecular formula is C43H49BN2S. The van der Waals surface area contributed by atoms with E-state index in [9.17, 15) is 0 Å². The largest absolute Gasteiger partial charge is 0.311 e. The van der Waals surface area contributed by atoms with Crippen LogP contribution in [0.2, 0.25) is 0 Å². The van der Waals surface area contributed by atoms with E-state index in [1.165, 1.54) is 77.7 Å². The first-order valence-electron chi connectivity index (χ1n) is 16.9. The SMILES string of the molecule is Cc1ccc(N2c3ccc(C)cc3B3c4cc(C(C)(C)C)ccc4N(c4ccc(C(C)(C)C)cc4)c4ccc(S(C)(C)C)c2c43)cc1. The maximum absolute atomic E-state index is 2.58. The summed E-state index contributed by atoms with van der Waals surface area (Å²) in [6.45, 7) is 18.4. The number of nitrogens with zero attached hydrogens (tertiary/aromatic N) is 2. The normalized spacial score (nSPS) is 14.5. The highest BCUT2D eigenvalue weighted by molar-refractivity contribution is 8.32. The Bertz CT molecular complexity index is 2000. The van der Waals surface area contributed by atoms with E-state index in [0.29, 0.717) is 0 Å². The summed E-state index contributed by atoms with van der Waals surface area (Å²) in [4.78, 5) is 6.57. The molecule has 5 aromatic carbocycles. The average Bonchev–Trinajstić information content (AvgIpc) is 3.00. The Morgan fingerprint density at radius 3 is 1.62 bits per heavy atom. The maximum atomic E-state index is 2.58. The summed E-state index contributed by atoms with van der Waals surface area (Å²) in [5.41, 5.74) is 17.2. The zero-order valence-corrected chi connectivity index (χ0v) is 30.9. The predicted octanol–water partition coefficient (Wildman–Crippen LogP) is 10.0. The Morgan fingerprint density at radius 2 is 1.00 bits per heavy atom. The topological polar surface area (TPSA) is 6.48 Å². The molecule has 0 saturated carbocycles. The van der Waals surface area contributed by atoms with Crippen LogP contribution in [0.25, 0.3) is 0 Å². The summed E-state index contributed by atoms with van der Waals surface area (Å²) in [6, 6.07) is 37.6. The average molecular weight is 637 g/mol. The van der Waals surface area contributed by atoms with Gasteiger partial charge in [0.25, 0.3) is 6.71 Å². The smallest absolute Gasteiger partial charge is 0.252 e. The first-order valence-corrected chi connectivity index (χ1v) is 19.8. The molecule has 0 fully saturated rings. The van der Waals surface area contributed by atoms with Crippen molar-refractivity contribution in [2.75, 3.05) is 28.6 Å². The van der Waals surface area contributed by atoms with Crippen LogP contribution in [0, 0.1) is 13.8 Å². The summed E-state index contributed by atoms with van der Waals surface area (Å²) in [5.74, 6) is 0. The number of benzene rings is 5. The molecule has 2 aliphatic heterocycles. The van der Waals surface area contributed by atoms with Gasteiger partial charge in [0.05, 0.1) is 5.69 Å². The molecule has 0 N–H and O–H groups in total. The van der Waals surface area contributed by atoms with Crippen molar-refractivity contribution < 1.29 is 0 Å². The van der Waals surface area contributed by atoms with Crippen molar-refractivity contribution in [2.24, 2.45) is 0 Å². The number of anilines is 6. The van der Waals surface area contributed by atoms with Gasteiger partial charge < -0.3 is 9.80 Å². The van der Waals surface area contributed by atoms with Gasteiger partial charge in [-0.1, -0.05) is 101 Å². The van der Waals surface area contributed by atoms with Crippen LogP contribution in [0.4, 0.5) is 34.1 Å². The molecule has 0 unspecified atom stereocenters. The third kappa shape index (κ3) is 5.30. The molecule has 0 spiro atoms. The van der Waals surface area contributed by atoms with Gasteiger partial charge in [0, 0.05) is 33.3 Å². The molecule has 2 nitrogen and oxygen atoms in total. The Hall–Kier alpha value is -3.89. The summed E-state index contributed by atoms with van der Waals surface area (Å²) < 4.78 is 0. The molecule has 0 saturated heterocycles. The minimum Gasteiger partial charge on any atom is -0.311 e. The van der Waals surface area contributed by atoms with Gasteiger partial charge in [-0.3, -0.25) is 0 Å². The van der Waals surface area contributed by atoms with Gasteiger partial charge in [0.1, 0.15) is 0 Å². The van der Waals surface area contributed by atoms with Gasteiger partial charge in [-0.05, 0) is 119 Å². The molecule has 47 heavy (non-hydrogen) atoms. The van der Waals surface area contributed by atoms with Crippen LogP contribution in [-0.2, 0) is 10.8 Å². The number of rotatable bonds is 3. The molecule has 2 aliphatic rings. The summed E-state index contributed by atoms with van der Waals surface area (Å²) >= 11 is 0. The fourth-order valence-electron chi connectivity index (χ4n) is 7.43. The molecule has 0 aromatic heterocycles. The van der Waals surface area contributed by atoms with E-state index in [4.69, 9.17) is 0 Å². The first kappa shape index (κ1) is 31.7. The first-order chi connectivity index (χ1) is 22.0. The molecule has 7 rings (SSSR count). The van der Waals surface area contributed by atoms with Gasteiger partial charge in [-0.25, -0.2) is 10.0 Å². The molecule has 2 heterocycles. The van der Waals surface area contributed by atoms with E-state index < -0.39 is 10.0 Å². The maximum Gasteiger partial charge on any atom is 0.252 e. The number of aryl methyl sites for hydroxylation is 2. The number of fused-ring (bicyclic) bond motifs is 4. The van der Waals surface area contributed by atoms with Gasteiger partial charge in [-0.2, -0.15) is 0 Å². The highest BCUT2D eigenvalue weighted by Gasteiger charge is 2.45. The summed E-state index contributed by atoms with van der Waals surface area (Å²) in [6.07, 6.45) is 7.32. The van der Waals surface area contributed by atoms with E-state index in [1.54, 1.807) is 0 Å². The second kappa shape index (κ2) is 10.8. The van der Waals surface area contributed by atoms with Crippen LogP contribution >= 0.6 is 10.0 Å². The minimum atomic E-state index is -1.10. The van der Waals surface area contributed by atoms with Crippen molar-refractivity contribution in [1.29, 1.82) is 0 Å². The van der Waals surface area contributed by atoms with Crippen LogP contribution in [0.3, 0.4) is 0 Å². The molecule has 0 atom stereocenters. The molecule has 5 aromatic rings. The standard InChI is InChI=1S/C43H49BN2S/c1-28-12-18-33(19-13-28)46-37-22-14-29(2)26-34(37)44-35-27-31(43(6,7)8)17-23-36(35)45(32-20-15-30(16-21-32)42(3,4)5)38-24-25-39(47(9,10)11)41(46)40(38)44/h12-27H,1-11H3. The molecule has 0 radical (unpaired) electrons. The van der Waals surface area contributed by atoms with Crippen LogP contribution in [0.1, 0.15) is 63.8 Å². The third-order valence-electron chi connectivity index (χ3n) is 10.0. The Morgan fingerprint density at radius 1 is 0.511 bits per heavy atom. The van der Waals surface area contributed by atoms with E-state index in [-0.39, 0.29) is 17.5 Å². The van der Waals surface area contributed by atoms with Crippen LogP contribution < -0.4 is 26.2 Å². The second-order valence-electron chi connectivity index (χ2n) is 16.5. The second-order valence-corrected chi connectivity index (χ2v) is 20.6. The van der Waals surface area contributed by atoms with E-state index in [0.717, 1.165) is 0 Å². The molecule has 4 heteroatoms. The highest BCUT2D eigenvalue weighted by Crippen LogP contribution is 2.55. The van der Waals surface area contributed by atoms with Crippen molar-refractivity contribution >= 4 is 67.3 Å². The lowest BCUT2D eigenvalue weighted by molar-refractivity contribution is 0.590. The van der Waals surface area contributed by atoms with Crippen LogP contribution in [0.5, 0.6) is 0 Å². The quantitative estimate of drug-likeness (QED) is 0.178. The fraction of sp³-hybridized carbons (Fsp3) is 0.302. The zero-order valence-electron chi connectivity index (χ0n) is 30.1. The number of hydrogen-bond donors (Lipinski definition) is 0. The van der Waals surface area contributed by atoms with Crippen molar-refractivity contribution in [2.45, 2.75) is 71.1 Å². The van der Waals surface area contributed by atoms with Gasteiger partial charge in [-0.15, -0.1) is 0 Å². The Labute approximate surface area is 285 Å². The minimum absolute atomic E-state index is 0.0345. The molecule has 0 aliphatic carbocycles. The molecule has 0 amide bonds. The monoisotopic (exact) mass is 636 g/mol. The van der Waals surface area contributed by atoms with Crippen molar-refractivity contribution in [3.8, 4) is 0 Å². The van der Waals surface area contributed by atoms with E-state index in [1.807, 2.05) is 0 Å². The lowest BCUT2D eigenvalue weighted by atomic mass is 9.33. The van der Waals surface area contributed by atoms with Gasteiger partial charge >= 0.3 is 0 Å². The Kier molecular flexibility index (Phi) is 7.30. The Balaban J connectivity index is 1.62. The molecule has 0 bridgehead atoms. The lowest BCUT2D eigenvalue weighted by Crippen LogP contribution is -2.61. The summed E-state index contributed by atoms with van der Waals surface area (Å²) in [7, 11) is -1.10. The molecule has 240 valence electrons. The highest BCUT2D eigenvalue weighted by atomic mass is 32.3. The van der Waals surface area contributed by atoms with Crippen LogP contribution in [0.15, 0.2) is 102 Å². The molecular weight excluding hydrogens is 587 g/mol. The fourth-order valence-corrected chi connectivity index (χ4v) is 8.68. The lowest BCUT2D eigenvalue weighted by Gasteiger charge is -2.47. The zero-order chi connectivity index (χ0) is 33.6.